The van der Waals surface area contributed by atoms with Crippen molar-refractivity contribution in [2.45, 2.75) is 83.1 Å². The first-order valence-electron chi connectivity index (χ1n) is 7.70. The minimum Gasteiger partial charge on any atom is -0.313 e. The summed E-state index contributed by atoms with van der Waals surface area (Å²) < 4.78 is 27.0. The average Bonchev–Trinajstić information content (AvgIpc) is 3.15. The summed E-state index contributed by atoms with van der Waals surface area (Å²) in [7, 11) is -3.18. The van der Waals surface area contributed by atoms with Crippen LogP contribution in [0.15, 0.2) is 0 Å². The van der Waals surface area contributed by atoms with Crippen molar-refractivity contribution in [1.29, 1.82) is 0 Å². The van der Waals surface area contributed by atoms with Gasteiger partial charge in [-0.2, -0.15) is 0 Å². The second-order valence-corrected chi connectivity index (χ2v) is 8.04. The van der Waals surface area contributed by atoms with E-state index >= 15 is 0 Å². The molecule has 2 atom stereocenters. The molecule has 0 bridgehead atoms. The molecule has 1 rings (SSSR count). The zero-order valence-corrected chi connectivity index (χ0v) is 13.4. The van der Waals surface area contributed by atoms with Gasteiger partial charge in [-0.15, -0.1) is 0 Å². The first-order valence-corrected chi connectivity index (χ1v) is 9.25. The van der Waals surface area contributed by atoms with Crippen LogP contribution in [0.3, 0.4) is 0 Å². The first-order chi connectivity index (χ1) is 8.95. The van der Waals surface area contributed by atoms with Gasteiger partial charge in [0.1, 0.15) is 0 Å². The van der Waals surface area contributed by atoms with E-state index < -0.39 is 10.0 Å². The summed E-state index contributed by atoms with van der Waals surface area (Å²) in [4.78, 5) is 0. The molecule has 1 aliphatic carbocycles. The lowest BCUT2D eigenvalue weighted by Crippen LogP contribution is -2.43. The Labute approximate surface area is 118 Å². The van der Waals surface area contributed by atoms with Crippen molar-refractivity contribution in [3.63, 3.8) is 0 Å². The molecule has 1 aliphatic rings. The van der Waals surface area contributed by atoms with E-state index in [1.54, 1.807) is 6.92 Å². The summed E-state index contributed by atoms with van der Waals surface area (Å²) >= 11 is 0. The van der Waals surface area contributed by atoms with Crippen LogP contribution in [0.25, 0.3) is 0 Å². The molecule has 114 valence electrons. The third-order valence-electron chi connectivity index (χ3n) is 3.66. The molecule has 5 heteroatoms. The van der Waals surface area contributed by atoms with E-state index in [1.165, 1.54) is 32.1 Å². The second-order valence-electron chi connectivity index (χ2n) is 5.91. The Bertz CT molecular complexity index is 339. The number of hydrogen-bond donors (Lipinski definition) is 2. The highest BCUT2D eigenvalue weighted by Gasteiger charge is 2.26. The van der Waals surface area contributed by atoms with Crippen molar-refractivity contribution in [3.05, 3.63) is 0 Å². The third kappa shape index (κ3) is 7.28. The fourth-order valence-electron chi connectivity index (χ4n) is 2.06. The largest absolute Gasteiger partial charge is 0.313 e. The van der Waals surface area contributed by atoms with Crippen molar-refractivity contribution < 1.29 is 8.42 Å². The summed E-state index contributed by atoms with van der Waals surface area (Å²) in [6.45, 7) is 6.48. The maximum absolute atomic E-state index is 12.1. The number of nitrogens with one attached hydrogen (secondary N) is 2. The van der Waals surface area contributed by atoms with Gasteiger partial charge in [-0.25, -0.2) is 13.1 Å². The van der Waals surface area contributed by atoms with Crippen LogP contribution in [0.5, 0.6) is 0 Å². The molecule has 1 fully saturated rings. The molecule has 2 N–H and O–H groups in total. The SMILES string of the molecule is CCCCCCC(C)NS(=O)(=O)C(C)CNC1CC1. The zero-order valence-electron chi connectivity index (χ0n) is 12.6. The monoisotopic (exact) mass is 290 g/mol. The van der Waals surface area contributed by atoms with E-state index in [1.807, 2.05) is 6.92 Å². The highest BCUT2D eigenvalue weighted by atomic mass is 32.2. The van der Waals surface area contributed by atoms with Gasteiger partial charge in [-0.3, -0.25) is 0 Å². The van der Waals surface area contributed by atoms with Crippen molar-refractivity contribution in [1.82, 2.24) is 10.0 Å². The summed E-state index contributed by atoms with van der Waals surface area (Å²) in [5.74, 6) is 0. The molecule has 0 saturated heterocycles. The quantitative estimate of drug-likeness (QED) is 0.575. The molecule has 2 unspecified atom stereocenters. The predicted molar refractivity (Wildman–Crippen MR) is 80.8 cm³/mol. The van der Waals surface area contributed by atoms with Crippen LogP contribution >= 0.6 is 0 Å². The van der Waals surface area contributed by atoms with Crippen molar-refractivity contribution in [2.24, 2.45) is 0 Å². The normalized spacial score (nSPS) is 19.3. The van der Waals surface area contributed by atoms with E-state index in [0.29, 0.717) is 12.6 Å². The van der Waals surface area contributed by atoms with Crippen molar-refractivity contribution in [3.8, 4) is 0 Å². The van der Waals surface area contributed by atoms with Crippen LogP contribution in [0.1, 0.15) is 65.7 Å². The lowest BCUT2D eigenvalue weighted by Gasteiger charge is -2.19. The number of sulfonamides is 1. The average molecular weight is 290 g/mol. The summed E-state index contributed by atoms with van der Waals surface area (Å²) in [6, 6.07) is 0.606. The number of rotatable bonds is 11. The highest BCUT2D eigenvalue weighted by molar-refractivity contribution is 7.90. The van der Waals surface area contributed by atoms with Crippen LogP contribution < -0.4 is 10.0 Å². The first kappa shape index (κ1) is 16.9. The lowest BCUT2D eigenvalue weighted by atomic mass is 10.1. The Morgan fingerprint density at radius 2 is 1.84 bits per heavy atom. The molecule has 0 amide bonds. The van der Waals surface area contributed by atoms with E-state index in [-0.39, 0.29) is 11.3 Å². The summed E-state index contributed by atoms with van der Waals surface area (Å²) in [5.41, 5.74) is 0. The van der Waals surface area contributed by atoms with Gasteiger partial charge in [-0.05, 0) is 33.1 Å². The van der Waals surface area contributed by atoms with Gasteiger partial charge in [0.2, 0.25) is 10.0 Å². The Morgan fingerprint density at radius 3 is 2.42 bits per heavy atom. The van der Waals surface area contributed by atoms with Crippen molar-refractivity contribution >= 4 is 10.0 Å². The Hall–Kier alpha value is -0.130. The lowest BCUT2D eigenvalue weighted by molar-refractivity contribution is 0.511. The van der Waals surface area contributed by atoms with E-state index in [0.717, 1.165) is 12.8 Å². The highest BCUT2D eigenvalue weighted by Crippen LogP contribution is 2.18. The Balaban J connectivity index is 2.22. The maximum Gasteiger partial charge on any atom is 0.215 e. The molecule has 0 aromatic heterocycles. The minimum absolute atomic E-state index is 0.0465. The van der Waals surface area contributed by atoms with Crippen LogP contribution in [-0.4, -0.2) is 32.3 Å². The molecule has 0 aromatic carbocycles. The standard InChI is InChI=1S/C14H30N2O2S/c1-4-5-6-7-8-12(2)16-19(17,18)13(3)11-15-14-9-10-14/h12-16H,4-11H2,1-3H3. The van der Waals surface area contributed by atoms with E-state index in [9.17, 15) is 8.42 Å². The van der Waals surface area contributed by atoms with Gasteiger partial charge in [0.25, 0.3) is 0 Å². The van der Waals surface area contributed by atoms with Crippen LogP contribution in [0.4, 0.5) is 0 Å². The van der Waals surface area contributed by atoms with Gasteiger partial charge in [-0.1, -0.05) is 32.6 Å². The number of unbranched alkanes of at least 4 members (excludes halogenated alkanes) is 3. The molecule has 1 saturated carbocycles. The van der Waals surface area contributed by atoms with Crippen LogP contribution in [0, 0.1) is 0 Å². The third-order valence-corrected chi connectivity index (χ3v) is 5.61. The summed E-state index contributed by atoms with van der Waals surface area (Å²) in [6.07, 6.45) is 8.06. The van der Waals surface area contributed by atoms with Crippen LogP contribution in [-0.2, 0) is 10.0 Å². The topological polar surface area (TPSA) is 58.2 Å². The molecule has 4 nitrogen and oxygen atoms in total. The molecular weight excluding hydrogens is 260 g/mol. The second kappa shape index (κ2) is 8.22. The summed E-state index contributed by atoms with van der Waals surface area (Å²) in [5, 5.41) is 2.92. The number of hydrogen-bond acceptors (Lipinski definition) is 3. The van der Waals surface area contributed by atoms with Crippen LogP contribution in [0.2, 0.25) is 0 Å². The van der Waals surface area contributed by atoms with Gasteiger partial charge in [0.05, 0.1) is 5.25 Å². The molecule has 0 aromatic rings. The molecule has 0 heterocycles. The van der Waals surface area contributed by atoms with E-state index in [4.69, 9.17) is 0 Å². The molecular formula is C14H30N2O2S. The smallest absolute Gasteiger partial charge is 0.215 e. The molecule has 19 heavy (non-hydrogen) atoms. The Kier molecular flexibility index (Phi) is 7.32. The predicted octanol–water partition coefficient (Wildman–Crippen LogP) is 2.41. The van der Waals surface area contributed by atoms with E-state index in [2.05, 4.69) is 17.0 Å². The fraction of sp³-hybridized carbons (Fsp3) is 1.00. The molecule has 0 radical (unpaired) electrons. The maximum atomic E-state index is 12.1. The minimum atomic E-state index is -3.18. The van der Waals surface area contributed by atoms with Gasteiger partial charge in [0.15, 0.2) is 0 Å². The van der Waals surface area contributed by atoms with Crippen molar-refractivity contribution in [2.75, 3.05) is 6.54 Å². The fourth-order valence-corrected chi connectivity index (χ4v) is 3.29. The molecule has 0 spiro atoms. The zero-order chi connectivity index (χ0) is 14.3. The molecule has 0 aliphatic heterocycles. The van der Waals surface area contributed by atoms with Gasteiger partial charge in [0, 0.05) is 18.6 Å². The van der Waals surface area contributed by atoms with Gasteiger partial charge < -0.3 is 5.32 Å². The van der Waals surface area contributed by atoms with Gasteiger partial charge >= 0.3 is 0 Å². The Morgan fingerprint density at radius 1 is 1.16 bits per heavy atom.